The number of halogens is 1. The van der Waals surface area contributed by atoms with E-state index in [1.165, 1.54) is 11.1 Å². The van der Waals surface area contributed by atoms with Crippen molar-refractivity contribution in [1.82, 2.24) is 9.88 Å². The smallest absolute Gasteiger partial charge is 0.228 e. The maximum Gasteiger partial charge on any atom is 0.228 e. The summed E-state index contributed by atoms with van der Waals surface area (Å²) < 4.78 is 2.06. The Balaban J connectivity index is 0.00000264. The Bertz CT molecular complexity index is 587. The van der Waals surface area contributed by atoms with Gasteiger partial charge in [-0.15, -0.1) is 0 Å². The van der Waals surface area contributed by atoms with Crippen LogP contribution in [-0.2, 0) is 17.8 Å². The van der Waals surface area contributed by atoms with Gasteiger partial charge in [-0.1, -0.05) is 0 Å². The summed E-state index contributed by atoms with van der Waals surface area (Å²) in [4.78, 5) is 18.3. The van der Waals surface area contributed by atoms with Crippen LogP contribution in [0.3, 0.4) is 0 Å². The molecule has 4 nitrogen and oxygen atoms in total. The van der Waals surface area contributed by atoms with Crippen molar-refractivity contribution in [1.29, 1.82) is 0 Å². The average Bonchev–Trinajstić information content (AvgIpc) is 2.56. The number of carbonyl (C=O) groups is 1. The first-order valence-corrected chi connectivity index (χ1v) is 7.81. The molecule has 0 radical (unpaired) electrons. The lowest BCUT2D eigenvalue weighted by Gasteiger charge is -2.20. The van der Waals surface area contributed by atoms with E-state index in [2.05, 4.69) is 28.6 Å². The number of rotatable bonds is 7. The van der Waals surface area contributed by atoms with E-state index in [9.17, 15) is 4.79 Å². The van der Waals surface area contributed by atoms with Crippen LogP contribution in [0.5, 0.6) is 0 Å². The largest absolute Gasteiger partial charge is 1.00 e. The van der Waals surface area contributed by atoms with E-state index >= 15 is 0 Å². The molecule has 2 aromatic rings. The second-order valence-corrected chi connectivity index (χ2v) is 5.44. The standard InChI is InChI=1S/C18H24N3O.BrH/c1-3-21(15-8-17-4-10-19-11-5-17)18(22)9-14-20-12-6-16(2)7-13-20;/h4-7,10-13H,3,8-9,14-15H2,1-2H3;1H/q+1;/p-1. The number of aryl methyl sites for hydroxylation is 2. The molecule has 0 aliphatic heterocycles. The number of nitrogens with zero attached hydrogens (tertiary/aromatic N) is 3. The first kappa shape index (κ1) is 19.3. The molecule has 5 heteroatoms. The van der Waals surface area contributed by atoms with Gasteiger partial charge in [0.1, 0.15) is 0 Å². The van der Waals surface area contributed by atoms with Gasteiger partial charge in [0.15, 0.2) is 18.9 Å². The van der Waals surface area contributed by atoms with E-state index in [0.29, 0.717) is 6.42 Å². The molecular formula is C18H24BrN3O. The van der Waals surface area contributed by atoms with Crippen LogP contribution in [-0.4, -0.2) is 28.9 Å². The lowest BCUT2D eigenvalue weighted by atomic mass is 10.2. The van der Waals surface area contributed by atoms with Crippen LogP contribution in [0.15, 0.2) is 49.1 Å². The Hall–Kier alpha value is -1.75. The number of amides is 1. The van der Waals surface area contributed by atoms with Gasteiger partial charge in [-0.2, -0.15) is 0 Å². The average molecular weight is 378 g/mol. The molecule has 0 fully saturated rings. The molecule has 0 saturated carbocycles. The number of pyridine rings is 2. The van der Waals surface area contributed by atoms with Gasteiger partial charge in [0, 0.05) is 37.6 Å². The third-order valence-electron chi connectivity index (χ3n) is 3.80. The van der Waals surface area contributed by atoms with Crippen LogP contribution >= 0.6 is 0 Å². The van der Waals surface area contributed by atoms with Crippen LogP contribution in [0.25, 0.3) is 0 Å². The molecule has 0 aliphatic carbocycles. The minimum Gasteiger partial charge on any atom is -1.00 e. The molecule has 23 heavy (non-hydrogen) atoms. The van der Waals surface area contributed by atoms with Gasteiger partial charge in [0.25, 0.3) is 0 Å². The zero-order chi connectivity index (χ0) is 15.8. The zero-order valence-corrected chi connectivity index (χ0v) is 15.4. The van der Waals surface area contributed by atoms with Crippen molar-refractivity contribution in [2.24, 2.45) is 0 Å². The molecule has 0 unspecified atom stereocenters. The number of likely N-dealkylation sites (N-methyl/N-ethyl adjacent to an activating group) is 1. The summed E-state index contributed by atoms with van der Waals surface area (Å²) in [5.74, 6) is 0.213. The summed E-state index contributed by atoms with van der Waals surface area (Å²) in [6, 6.07) is 8.12. The number of hydrogen-bond acceptors (Lipinski definition) is 2. The van der Waals surface area contributed by atoms with Crippen LogP contribution in [0.2, 0.25) is 0 Å². The molecule has 1 amide bonds. The van der Waals surface area contributed by atoms with Crippen LogP contribution in [0.1, 0.15) is 24.5 Å². The van der Waals surface area contributed by atoms with Crippen molar-refractivity contribution < 1.29 is 26.3 Å². The summed E-state index contributed by atoms with van der Waals surface area (Å²) in [7, 11) is 0. The lowest BCUT2D eigenvalue weighted by Crippen LogP contribution is -3.00. The molecule has 0 bridgehead atoms. The second kappa shape index (κ2) is 10.1. The topological polar surface area (TPSA) is 37.1 Å². The second-order valence-electron chi connectivity index (χ2n) is 5.44. The predicted octanol–water partition coefficient (Wildman–Crippen LogP) is -0.837. The molecule has 0 saturated heterocycles. The van der Waals surface area contributed by atoms with Crippen molar-refractivity contribution in [3.8, 4) is 0 Å². The number of aromatic nitrogens is 2. The fourth-order valence-corrected chi connectivity index (χ4v) is 2.34. The molecule has 0 spiro atoms. The monoisotopic (exact) mass is 377 g/mol. The van der Waals surface area contributed by atoms with Gasteiger partial charge in [0.2, 0.25) is 5.91 Å². The molecular weight excluding hydrogens is 354 g/mol. The van der Waals surface area contributed by atoms with Gasteiger partial charge >= 0.3 is 0 Å². The highest BCUT2D eigenvalue weighted by Crippen LogP contribution is 2.02. The maximum atomic E-state index is 12.3. The van der Waals surface area contributed by atoms with Crippen molar-refractivity contribution in [3.63, 3.8) is 0 Å². The molecule has 124 valence electrons. The lowest BCUT2D eigenvalue weighted by molar-refractivity contribution is -0.696. The van der Waals surface area contributed by atoms with E-state index in [0.717, 1.165) is 26.1 Å². The Kier molecular flexibility index (Phi) is 8.48. The SMILES string of the molecule is CCN(CCc1ccncc1)C(=O)CC[n+]1ccc(C)cc1.[Br-]. The summed E-state index contributed by atoms with van der Waals surface area (Å²) in [5, 5.41) is 0. The molecule has 2 rings (SSSR count). The highest BCUT2D eigenvalue weighted by molar-refractivity contribution is 5.75. The minimum absolute atomic E-state index is 0. The minimum atomic E-state index is 0. The fourth-order valence-electron chi connectivity index (χ4n) is 2.34. The Morgan fingerprint density at radius 1 is 1.17 bits per heavy atom. The fraction of sp³-hybridized carbons (Fsp3) is 0.389. The molecule has 0 atom stereocenters. The van der Waals surface area contributed by atoms with Gasteiger partial charge in [0.05, 0.1) is 6.42 Å². The van der Waals surface area contributed by atoms with E-state index < -0.39 is 0 Å². The Morgan fingerprint density at radius 2 is 1.83 bits per heavy atom. The summed E-state index contributed by atoms with van der Waals surface area (Å²) in [6.07, 6.45) is 9.05. The Labute approximate surface area is 148 Å². The molecule has 0 N–H and O–H groups in total. The van der Waals surface area contributed by atoms with Gasteiger partial charge in [-0.05, 0) is 43.5 Å². The van der Waals surface area contributed by atoms with Crippen molar-refractivity contribution in [3.05, 3.63) is 60.2 Å². The first-order chi connectivity index (χ1) is 10.7. The third kappa shape index (κ3) is 6.48. The van der Waals surface area contributed by atoms with E-state index in [-0.39, 0.29) is 22.9 Å². The quantitative estimate of drug-likeness (QED) is 0.590. The highest BCUT2D eigenvalue weighted by Gasteiger charge is 2.13. The number of hydrogen-bond donors (Lipinski definition) is 0. The molecule has 0 aliphatic rings. The predicted molar refractivity (Wildman–Crippen MR) is 86.2 cm³/mol. The summed E-state index contributed by atoms with van der Waals surface area (Å²) in [6.45, 7) is 6.34. The zero-order valence-electron chi connectivity index (χ0n) is 13.8. The van der Waals surface area contributed by atoms with E-state index in [1.54, 1.807) is 12.4 Å². The normalized spacial score (nSPS) is 10.0. The molecule has 2 aromatic heterocycles. The third-order valence-corrected chi connectivity index (χ3v) is 3.80. The van der Waals surface area contributed by atoms with Gasteiger partial charge in [-0.3, -0.25) is 9.78 Å². The maximum absolute atomic E-state index is 12.3. The Morgan fingerprint density at radius 3 is 2.43 bits per heavy atom. The summed E-state index contributed by atoms with van der Waals surface area (Å²) in [5.41, 5.74) is 2.45. The highest BCUT2D eigenvalue weighted by atomic mass is 79.9. The molecule has 2 heterocycles. The molecule has 0 aromatic carbocycles. The van der Waals surface area contributed by atoms with Crippen LogP contribution < -0.4 is 21.5 Å². The van der Waals surface area contributed by atoms with Crippen molar-refractivity contribution in [2.45, 2.75) is 33.2 Å². The van der Waals surface area contributed by atoms with Gasteiger partial charge in [-0.25, -0.2) is 4.57 Å². The van der Waals surface area contributed by atoms with Gasteiger partial charge < -0.3 is 21.9 Å². The number of carbonyl (C=O) groups excluding carboxylic acids is 1. The van der Waals surface area contributed by atoms with Crippen molar-refractivity contribution in [2.75, 3.05) is 13.1 Å². The summed E-state index contributed by atoms with van der Waals surface area (Å²) >= 11 is 0. The first-order valence-electron chi connectivity index (χ1n) is 7.81. The van der Waals surface area contributed by atoms with E-state index in [1.807, 2.05) is 36.4 Å². The van der Waals surface area contributed by atoms with Crippen LogP contribution in [0, 0.1) is 6.92 Å². The van der Waals surface area contributed by atoms with E-state index in [4.69, 9.17) is 0 Å². The van der Waals surface area contributed by atoms with Crippen molar-refractivity contribution >= 4 is 5.91 Å². The van der Waals surface area contributed by atoms with Crippen LogP contribution in [0.4, 0.5) is 0 Å².